The first-order valence-corrected chi connectivity index (χ1v) is 6.83. The molecule has 6 heteroatoms. The van der Waals surface area contributed by atoms with Crippen molar-refractivity contribution in [3.63, 3.8) is 0 Å². The molecule has 0 radical (unpaired) electrons. The summed E-state index contributed by atoms with van der Waals surface area (Å²) in [5.74, 6) is -0.0666. The van der Waals surface area contributed by atoms with Crippen LogP contribution in [0.1, 0.15) is 24.8 Å². The van der Waals surface area contributed by atoms with E-state index in [-0.39, 0.29) is 12.0 Å². The van der Waals surface area contributed by atoms with E-state index in [1.807, 2.05) is 6.07 Å². The fourth-order valence-corrected chi connectivity index (χ4v) is 2.10. The summed E-state index contributed by atoms with van der Waals surface area (Å²) in [5, 5.41) is 3.74. The number of hydrogen-bond acceptors (Lipinski definition) is 6. The third-order valence-corrected chi connectivity index (χ3v) is 3.10. The van der Waals surface area contributed by atoms with Crippen molar-refractivity contribution in [2.24, 2.45) is 5.16 Å². The van der Waals surface area contributed by atoms with Crippen LogP contribution >= 0.6 is 0 Å². The Morgan fingerprint density at radius 1 is 1.29 bits per heavy atom. The monoisotopic (exact) mass is 293 g/mol. The van der Waals surface area contributed by atoms with Gasteiger partial charge in [0.25, 0.3) is 0 Å². The normalized spacial score (nSPS) is 19.0. The van der Waals surface area contributed by atoms with Crippen LogP contribution in [0.4, 0.5) is 0 Å². The SMILES string of the molecule is CO/N=C(/C(=O)OC)c1ccccc1OC1CCCCO1. The summed E-state index contributed by atoms with van der Waals surface area (Å²) in [4.78, 5) is 16.6. The lowest BCUT2D eigenvalue weighted by molar-refractivity contribution is -0.132. The van der Waals surface area contributed by atoms with Crippen LogP contribution in [-0.4, -0.2) is 38.8 Å². The Hall–Kier alpha value is -2.08. The Balaban J connectivity index is 2.26. The molecule has 114 valence electrons. The van der Waals surface area contributed by atoms with Crippen molar-refractivity contribution in [2.45, 2.75) is 25.6 Å². The molecule has 0 aromatic heterocycles. The first-order valence-electron chi connectivity index (χ1n) is 6.83. The molecule has 2 rings (SSSR count). The highest BCUT2D eigenvalue weighted by molar-refractivity contribution is 6.43. The molecule has 1 saturated heterocycles. The van der Waals surface area contributed by atoms with Crippen molar-refractivity contribution >= 4 is 11.7 Å². The first kappa shape index (κ1) is 15.3. The molecule has 0 amide bonds. The van der Waals surface area contributed by atoms with Crippen LogP contribution in [-0.2, 0) is 19.1 Å². The van der Waals surface area contributed by atoms with E-state index in [0.29, 0.717) is 17.9 Å². The molecule has 1 atom stereocenters. The predicted octanol–water partition coefficient (Wildman–Crippen LogP) is 2.12. The topological polar surface area (TPSA) is 66.4 Å². The quantitative estimate of drug-likeness (QED) is 0.472. The van der Waals surface area contributed by atoms with E-state index >= 15 is 0 Å². The van der Waals surface area contributed by atoms with Crippen molar-refractivity contribution < 1.29 is 23.8 Å². The third-order valence-electron chi connectivity index (χ3n) is 3.10. The van der Waals surface area contributed by atoms with Gasteiger partial charge < -0.3 is 19.0 Å². The van der Waals surface area contributed by atoms with Gasteiger partial charge >= 0.3 is 5.97 Å². The number of nitrogens with zero attached hydrogens (tertiary/aromatic N) is 1. The Kier molecular flexibility index (Phi) is 5.57. The molecule has 1 aliphatic rings. The molecule has 1 aromatic rings. The Morgan fingerprint density at radius 2 is 2.10 bits per heavy atom. The molecular formula is C15H19NO5. The van der Waals surface area contributed by atoms with Crippen LogP contribution in [0.25, 0.3) is 0 Å². The largest absolute Gasteiger partial charge is 0.464 e. The number of hydrogen-bond donors (Lipinski definition) is 0. The van der Waals surface area contributed by atoms with Crippen molar-refractivity contribution in [1.29, 1.82) is 0 Å². The summed E-state index contributed by atoms with van der Waals surface area (Å²) >= 11 is 0. The highest BCUT2D eigenvalue weighted by Crippen LogP contribution is 2.24. The second-order valence-electron chi connectivity index (χ2n) is 4.52. The number of oxime groups is 1. The highest BCUT2D eigenvalue weighted by atomic mass is 16.7. The van der Waals surface area contributed by atoms with E-state index in [9.17, 15) is 4.79 Å². The van der Waals surface area contributed by atoms with Crippen molar-refractivity contribution in [1.82, 2.24) is 0 Å². The van der Waals surface area contributed by atoms with Gasteiger partial charge in [0.05, 0.1) is 19.3 Å². The lowest BCUT2D eigenvalue weighted by Gasteiger charge is -2.24. The molecule has 6 nitrogen and oxygen atoms in total. The van der Waals surface area contributed by atoms with Gasteiger partial charge in [-0.3, -0.25) is 0 Å². The summed E-state index contributed by atoms with van der Waals surface area (Å²) in [7, 11) is 2.66. The fraction of sp³-hybridized carbons (Fsp3) is 0.467. The first-order chi connectivity index (χ1) is 10.3. The zero-order valence-electron chi connectivity index (χ0n) is 12.2. The summed E-state index contributed by atoms with van der Waals surface area (Å²) in [6.07, 6.45) is 2.62. The van der Waals surface area contributed by atoms with E-state index in [1.165, 1.54) is 14.2 Å². The van der Waals surface area contributed by atoms with Gasteiger partial charge in [-0.25, -0.2) is 4.79 Å². The van der Waals surface area contributed by atoms with E-state index in [1.54, 1.807) is 18.2 Å². The summed E-state index contributed by atoms with van der Waals surface area (Å²) in [6.45, 7) is 0.683. The Labute approximate surface area is 123 Å². The predicted molar refractivity (Wildman–Crippen MR) is 76.2 cm³/mol. The smallest absolute Gasteiger partial charge is 0.360 e. The standard InChI is InChI=1S/C15H19NO5/c1-18-15(17)14(16-19-2)11-7-3-4-8-12(11)21-13-9-5-6-10-20-13/h3-4,7-8,13H,5-6,9-10H2,1-2H3/b16-14+. The minimum atomic E-state index is -0.586. The second kappa shape index (κ2) is 7.64. The van der Waals surface area contributed by atoms with E-state index in [4.69, 9.17) is 19.0 Å². The van der Waals surface area contributed by atoms with Gasteiger partial charge in [0.2, 0.25) is 0 Å². The minimum absolute atomic E-state index is 0.0615. The average Bonchev–Trinajstić information content (AvgIpc) is 2.54. The van der Waals surface area contributed by atoms with Gasteiger partial charge in [-0.2, -0.15) is 0 Å². The number of para-hydroxylation sites is 1. The lowest BCUT2D eigenvalue weighted by atomic mass is 10.1. The third kappa shape index (κ3) is 3.95. The zero-order chi connectivity index (χ0) is 15.1. The maximum atomic E-state index is 11.8. The van der Waals surface area contributed by atoms with Crippen molar-refractivity contribution in [2.75, 3.05) is 20.8 Å². The summed E-state index contributed by atoms with van der Waals surface area (Å²) in [5.41, 5.74) is 0.576. The molecule has 0 spiro atoms. The molecule has 0 saturated carbocycles. The molecule has 1 fully saturated rings. The van der Waals surface area contributed by atoms with E-state index in [2.05, 4.69) is 5.16 Å². The Bertz CT molecular complexity index is 509. The summed E-state index contributed by atoms with van der Waals surface area (Å²) in [6, 6.07) is 7.11. The molecule has 21 heavy (non-hydrogen) atoms. The zero-order valence-corrected chi connectivity index (χ0v) is 12.2. The maximum Gasteiger partial charge on any atom is 0.360 e. The molecule has 1 aromatic carbocycles. The van der Waals surface area contributed by atoms with E-state index < -0.39 is 5.97 Å². The minimum Gasteiger partial charge on any atom is -0.464 e. The number of esters is 1. The fourth-order valence-electron chi connectivity index (χ4n) is 2.10. The van der Waals surface area contributed by atoms with Gasteiger partial charge in [-0.05, 0) is 25.0 Å². The van der Waals surface area contributed by atoms with Crippen molar-refractivity contribution in [3.05, 3.63) is 29.8 Å². The average molecular weight is 293 g/mol. The van der Waals surface area contributed by atoms with Crippen LogP contribution in [0.5, 0.6) is 5.75 Å². The number of carbonyl (C=O) groups is 1. The second-order valence-corrected chi connectivity index (χ2v) is 4.52. The molecule has 1 unspecified atom stereocenters. The Morgan fingerprint density at radius 3 is 2.76 bits per heavy atom. The van der Waals surface area contributed by atoms with Crippen LogP contribution in [0.2, 0.25) is 0 Å². The van der Waals surface area contributed by atoms with E-state index in [0.717, 1.165) is 19.3 Å². The highest BCUT2D eigenvalue weighted by Gasteiger charge is 2.22. The van der Waals surface area contributed by atoms with Crippen LogP contribution < -0.4 is 4.74 Å². The van der Waals surface area contributed by atoms with Gasteiger partial charge in [-0.15, -0.1) is 0 Å². The van der Waals surface area contributed by atoms with Crippen LogP contribution in [0.3, 0.4) is 0 Å². The van der Waals surface area contributed by atoms with Gasteiger partial charge in [0, 0.05) is 6.42 Å². The number of benzene rings is 1. The van der Waals surface area contributed by atoms with Gasteiger partial charge in [0.1, 0.15) is 12.9 Å². The molecule has 0 bridgehead atoms. The molecule has 0 N–H and O–H groups in total. The number of carbonyl (C=O) groups excluding carboxylic acids is 1. The maximum absolute atomic E-state index is 11.8. The molecule has 1 heterocycles. The van der Waals surface area contributed by atoms with Gasteiger partial charge in [0.15, 0.2) is 12.0 Å². The molecule has 1 aliphatic heterocycles. The molecular weight excluding hydrogens is 274 g/mol. The number of ether oxygens (including phenoxy) is 3. The number of methoxy groups -OCH3 is 1. The molecule has 0 aliphatic carbocycles. The lowest BCUT2D eigenvalue weighted by Crippen LogP contribution is -2.26. The van der Waals surface area contributed by atoms with Crippen molar-refractivity contribution in [3.8, 4) is 5.75 Å². The van der Waals surface area contributed by atoms with Crippen LogP contribution in [0, 0.1) is 0 Å². The van der Waals surface area contributed by atoms with Crippen LogP contribution in [0.15, 0.2) is 29.4 Å². The summed E-state index contributed by atoms with van der Waals surface area (Å²) < 4.78 is 16.1. The van der Waals surface area contributed by atoms with Gasteiger partial charge in [-0.1, -0.05) is 17.3 Å². The number of rotatable bonds is 5.